The predicted molar refractivity (Wildman–Crippen MR) is 79.7 cm³/mol. The van der Waals surface area contributed by atoms with Gasteiger partial charge in [0.15, 0.2) is 0 Å². The van der Waals surface area contributed by atoms with E-state index in [9.17, 15) is 0 Å². The lowest BCUT2D eigenvalue weighted by Crippen LogP contribution is -2.43. The molecule has 5 heteroatoms. The molecule has 1 aromatic carbocycles. The maximum absolute atomic E-state index is 3.97. The van der Waals surface area contributed by atoms with E-state index >= 15 is 0 Å². The lowest BCUT2D eigenvalue weighted by atomic mass is 10.0. The highest BCUT2D eigenvalue weighted by Crippen LogP contribution is 2.19. The summed E-state index contributed by atoms with van der Waals surface area (Å²) >= 11 is 0. The molecule has 0 bridgehead atoms. The van der Waals surface area contributed by atoms with Crippen molar-refractivity contribution in [2.75, 3.05) is 24.5 Å². The maximum Gasteiger partial charge on any atom is 0.0692 e. The van der Waals surface area contributed by atoms with Crippen molar-refractivity contribution in [3.8, 4) is 0 Å². The van der Waals surface area contributed by atoms with Gasteiger partial charge in [0.05, 0.1) is 12.7 Å². The standard InChI is InChI=1S/C15H21N5/c1-2-4-15(5-3-1)19-10-6-14(7-11-19)16-8-12-20-13-9-17-18-20/h1-5,9,13-14,16H,6-8,10-12H2. The lowest BCUT2D eigenvalue weighted by Gasteiger charge is -2.34. The van der Waals surface area contributed by atoms with E-state index in [0.717, 1.165) is 26.2 Å². The summed E-state index contributed by atoms with van der Waals surface area (Å²) in [6.07, 6.45) is 6.02. The molecule has 0 aliphatic carbocycles. The largest absolute Gasteiger partial charge is 0.371 e. The van der Waals surface area contributed by atoms with Crippen LogP contribution in [-0.4, -0.2) is 40.7 Å². The second-order valence-electron chi connectivity index (χ2n) is 5.22. The zero-order chi connectivity index (χ0) is 13.6. The number of hydrogen-bond acceptors (Lipinski definition) is 4. The molecule has 0 amide bonds. The van der Waals surface area contributed by atoms with E-state index < -0.39 is 0 Å². The van der Waals surface area contributed by atoms with E-state index in [1.807, 2.05) is 10.9 Å². The van der Waals surface area contributed by atoms with Crippen LogP contribution in [0.1, 0.15) is 12.8 Å². The van der Waals surface area contributed by atoms with Crippen LogP contribution in [0.15, 0.2) is 42.7 Å². The molecule has 0 atom stereocenters. The Labute approximate surface area is 119 Å². The lowest BCUT2D eigenvalue weighted by molar-refractivity contribution is 0.399. The number of nitrogens with one attached hydrogen (secondary N) is 1. The summed E-state index contributed by atoms with van der Waals surface area (Å²) < 4.78 is 1.87. The number of para-hydroxylation sites is 1. The van der Waals surface area contributed by atoms with E-state index in [2.05, 4.69) is 50.9 Å². The van der Waals surface area contributed by atoms with Crippen LogP contribution in [0.2, 0.25) is 0 Å². The van der Waals surface area contributed by atoms with E-state index in [1.54, 1.807) is 6.20 Å². The van der Waals surface area contributed by atoms with E-state index in [1.165, 1.54) is 18.5 Å². The third-order valence-electron chi connectivity index (χ3n) is 3.86. The van der Waals surface area contributed by atoms with Gasteiger partial charge in [0, 0.05) is 37.6 Å². The van der Waals surface area contributed by atoms with Crippen molar-refractivity contribution in [3.05, 3.63) is 42.7 Å². The molecule has 106 valence electrons. The Balaban J connectivity index is 1.40. The highest BCUT2D eigenvalue weighted by atomic mass is 15.4. The average Bonchev–Trinajstić information content (AvgIpc) is 3.02. The van der Waals surface area contributed by atoms with Crippen molar-refractivity contribution in [1.82, 2.24) is 20.3 Å². The van der Waals surface area contributed by atoms with E-state index in [0.29, 0.717) is 6.04 Å². The van der Waals surface area contributed by atoms with Gasteiger partial charge in [-0.1, -0.05) is 23.4 Å². The van der Waals surface area contributed by atoms with Crippen LogP contribution in [0.3, 0.4) is 0 Å². The summed E-state index contributed by atoms with van der Waals surface area (Å²) in [7, 11) is 0. The maximum atomic E-state index is 3.97. The number of piperidine rings is 1. The zero-order valence-corrected chi connectivity index (χ0v) is 11.7. The van der Waals surface area contributed by atoms with Crippen molar-refractivity contribution >= 4 is 5.69 Å². The van der Waals surface area contributed by atoms with Crippen molar-refractivity contribution in [1.29, 1.82) is 0 Å². The molecule has 3 rings (SSSR count). The molecule has 1 fully saturated rings. The summed E-state index contributed by atoms with van der Waals surface area (Å²) in [6.45, 7) is 4.11. The van der Waals surface area contributed by atoms with Crippen molar-refractivity contribution in [2.24, 2.45) is 0 Å². The number of benzene rings is 1. The Kier molecular flexibility index (Phi) is 4.28. The molecule has 1 aliphatic heterocycles. The van der Waals surface area contributed by atoms with E-state index in [4.69, 9.17) is 0 Å². The van der Waals surface area contributed by atoms with Gasteiger partial charge in [-0.05, 0) is 25.0 Å². The summed E-state index contributed by atoms with van der Waals surface area (Å²) in [5.74, 6) is 0. The number of hydrogen-bond donors (Lipinski definition) is 1. The van der Waals surface area contributed by atoms with Gasteiger partial charge < -0.3 is 10.2 Å². The fourth-order valence-electron chi connectivity index (χ4n) is 2.72. The number of aromatic nitrogens is 3. The second kappa shape index (κ2) is 6.52. The molecule has 0 radical (unpaired) electrons. The van der Waals surface area contributed by atoms with Gasteiger partial charge in [0.2, 0.25) is 0 Å². The van der Waals surface area contributed by atoms with Crippen molar-refractivity contribution in [3.63, 3.8) is 0 Å². The number of nitrogens with zero attached hydrogens (tertiary/aromatic N) is 4. The topological polar surface area (TPSA) is 46.0 Å². The second-order valence-corrected chi connectivity index (χ2v) is 5.22. The molecular formula is C15H21N5. The molecule has 0 saturated carbocycles. The first kappa shape index (κ1) is 13.1. The van der Waals surface area contributed by atoms with Crippen molar-refractivity contribution < 1.29 is 0 Å². The summed E-state index contributed by atoms with van der Waals surface area (Å²) in [5.41, 5.74) is 1.34. The molecule has 0 unspecified atom stereocenters. The number of anilines is 1. The minimum atomic E-state index is 0.624. The van der Waals surface area contributed by atoms with Gasteiger partial charge in [-0.15, -0.1) is 5.10 Å². The van der Waals surface area contributed by atoms with Gasteiger partial charge in [-0.3, -0.25) is 4.68 Å². The quantitative estimate of drug-likeness (QED) is 0.896. The Morgan fingerprint density at radius 3 is 2.65 bits per heavy atom. The van der Waals surface area contributed by atoms with Crippen molar-refractivity contribution in [2.45, 2.75) is 25.4 Å². The predicted octanol–water partition coefficient (Wildman–Crippen LogP) is 1.54. The molecule has 0 spiro atoms. The fourth-order valence-corrected chi connectivity index (χ4v) is 2.72. The van der Waals surface area contributed by atoms with Gasteiger partial charge >= 0.3 is 0 Å². The highest BCUT2D eigenvalue weighted by Gasteiger charge is 2.18. The van der Waals surface area contributed by atoms with Crippen LogP contribution in [-0.2, 0) is 6.54 Å². The molecule has 2 aromatic rings. The smallest absolute Gasteiger partial charge is 0.0692 e. The molecule has 20 heavy (non-hydrogen) atoms. The van der Waals surface area contributed by atoms with Crippen LogP contribution in [0, 0.1) is 0 Å². The van der Waals surface area contributed by atoms with Crippen LogP contribution >= 0.6 is 0 Å². The van der Waals surface area contributed by atoms with Crippen LogP contribution in [0.4, 0.5) is 5.69 Å². The SMILES string of the molecule is c1ccc(N2CCC(NCCn3ccnn3)CC2)cc1. The molecule has 2 heterocycles. The van der Waals surface area contributed by atoms with Gasteiger partial charge in [0.25, 0.3) is 0 Å². The Morgan fingerprint density at radius 1 is 1.15 bits per heavy atom. The average molecular weight is 271 g/mol. The molecule has 1 aliphatic rings. The minimum absolute atomic E-state index is 0.624. The number of rotatable bonds is 5. The van der Waals surface area contributed by atoms with E-state index in [-0.39, 0.29) is 0 Å². The first-order valence-corrected chi connectivity index (χ1v) is 7.29. The minimum Gasteiger partial charge on any atom is -0.371 e. The van der Waals surface area contributed by atoms with Gasteiger partial charge in [0.1, 0.15) is 0 Å². The van der Waals surface area contributed by atoms with Gasteiger partial charge in [-0.25, -0.2) is 0 Å². The van der Waals surface area contributed by atoms with Gasteiger partial charge in [-0.2, -0.15) is 0 Å². The normalized spacial score (nSPS) is 16.5. The fraction of sp³-hybridized carbons (Fsp3) is 0.467. The van der Waals surface area contributed by atoms with Crippen LogP contribution in [0.25, 0.3) is 0 Å². The Hall–Kier alpha value is -1.88. The first-order chi connectivity index (χ1) is 9.92. The van der Waals surface area contributed by atoms with Crippen LogP contribution < -0.4 is 10.2 Å². The Bertz CT molecular complexity index is 488. The van der Waals surface area contributed by atoms with Crippen LogP contribution in [0.5, 0.6) is 0 Å². The molecule has 1 saturated heterocycles. The monoisotopic (exact) mass is 271 g/mol. The molecular weight excluding hydrogens is 250 g/mol. The summed E-state index contributed by atoms with van der Waals surface area (Å²) in [4.78, 5) is 2.47. The first-order valence-electron chi connectivity index (χ1n) is 7.29. The molecule has 1 N–H and O–H groups in total. The third-order valence-corrected chi connectivity index (χ3v) is 3.86. The zero-order valence-electron chi connectivity index (χ0n) is 11.7. The highest BCUT2D eigenvalue weighted by molar-refractivity contribution is 5.46. The third kappa shape index (κ3) is 3.36. The Morgan fingerprint density at radius 2 is 1.95 bits per heavy atom. The summed E-state index contributed by atoms with van der Waals surface area (Å²) in [6, 6.07) is 11.3. The summed E-state index contributed by atoms with van der Waals surface area (Å²) in [5, 5.41) is 11.4. The molecule has 1 aromatic heterocycles. The molecule has 5 nitrogen and oxygen atoms in total.